The van der Waals surface area contributed by atoms with Crippen molar-refractivity contribution in [2.45, 2.75) is 19.4 Å². The Morgan fingerprint density at radius 1 is 1.47 bits per heavy atom. The Balaban J connectivity index is 2.64. The number of benzene rings is 1. The summed E-state index contributed by atoms with van der Waals surface area (Å²) in [5.74, 6) is -0.157. The fourth-order valence-electron chi connectivity index (χ4n) is 1.53. The molecule has 0 aliphatic heterocycles. The third-order valence-electron chi connectivity index (χ3n) is 2.88. The van der Waals surface area contributed by atoms with Crippen LogP contribution in [0.5, 0.6) is 0 Å². The molecule has 0 bridgehead atoms. The monoisotopic (exact) mass is 256 g/mol. The van der Waals surface area contributed by atoms with Crippen LogP contribution in [0.1, 0.15) is 18.9 Å². The lowest BCUT2D eigenvalue weighted by molar-refractivity contribution is -0.120. The van der Waals surface area contributed by atoms with E-state index >= 15 is 0 Å². The molecule has 1 aromatic rings. The predicted octanol–water partition coefficient (Wildman–Crippen LogP) is 1.73. The van der Waals surface area contributed by atoms with Gasteiger partial charge in [-0.1, -0.05) is 6.07 Å². The van der Waals surface area contributed by atoms with Crippen LogP contribution >= 0.6 is 0 Å². The standard InChI is InChI=1S/C14H16N4O/c1-11(18(2)8-4-7-15)14(19)17-13-6-3-5-12(9-13)10-16/h3,5-6,9,11H,4,8H2,1-2H3,(H,17,19). The predicted molar refractivity (Wildman–Crippen MR) is 72.1 cm³/mol. The number of carbonyl (C=O) groups excluding carboxylic acids is 1. The minimum atomic E-state index is -0.334. The van der Waals surface area contributed by atoms with E-state index in [1.807, 2.05) is 17.0 Å². The first-order chi connectivity index (χ1) is 9.08. The van der Waals surface area contributed by atoms with Crippen molar-refractivity contribution in [1.82, 2.24) is 4.90 Å². The smallest absolute Gasteiger partial charge is 0.241 e. The third kappa shape index (κ3) is 4.42. The quantitative estimate of drug-likeness (QED) is 0.870. The maximum absolute atomic E-state index is 12.0. The van der Waals surface area contributed by atoms with Crippen molar-refractivity contribution in [2.75, 3.05) is 18.9 Å². The van der Waals surface area contributed by atoms with Crippen molar-refractivity contribution in [3.8, 4) is 12.1 Å². The van der Waals surface area contributed by atoms with E-state index in [9.17, 15) is 4.79 Å². The maximum Gasteiger partial charge on any atom is 0.241 e. The van der Waals surface area contributed by atoms with Gasteiger partial charge in [-0.15, -0.1) is 0 Å². The highest BCUT2D eigenvalue weighted by atomic mass is 16.2. The van der Waals surface area contributed by atoms with Crippen LogP contribution in [0.15, 0.2) is 24.3 Å². The molecular formula is C14H16N4O. The van der Waals surface area contributed by atoms with Crippen molar-refractivity contribution in [1.29, 1.82) is 10.5 Å². The van der Waals surface area contributed by atoms with Crippen molar-refractivity contribution >= 4 is 11.6 Å². The fourth-order valence-corrected chi connectivity index (χ4v) is 1.53. The molecule has 0 fully saturated rings. The van der Waals surface area contributed by atoms with E-state index in [2.05, 4.69) is 5.32 Å². The molecule has 0 radical (unpaired) electrons. The Kier molecular flexibility index (Phi) is 5.53. The van der Waals surface area contributed by atoms with Crippen molar-refractivity contribution < 1.29 is 4.79 Å². The largest absolute Gasteiger partial charge is 0.325 e. The molecule has 1 rings (SSSR count). The number of likely N-dealkylation sites (N-methyl/N-ethyl adjacent to an activating group) is 1. The van der Waals surface area contributed by atoms with Crippen LogP contribution in [0.3, 0.4) is 0 Å². The van der Waals surface area contributed by atoms with Gasteiger partial charge in [0.25, 0.3) is 0 Å². The second kappa shape index (κ2) is 7.15. The lowest BCUT2D eigenvalue weighted by atomic mass is 10.2. The van der Waals surface area contributed by atoms with E-state index in [1.54, 1.807) is 38.2 Å². The molecule has 0 spiro atoms. The number of hydrogen-bond acceptors (Lipinski definition) is 4. The van der Waals surface area contributed by atoms with Gasteiger partial charge in [0, 0.05) is 18.7 Å². The Bertz CT molecular complexity index is 527. The molecule has 0 saturated heterocycles. The van der Waals surface area contributed by atoms with Gasteiger partial charge in [0.15, 0.2) is 0 Å². The number of carbonyl (C=O) groups is 1. The van der Waals surface area contributed by atoms with Gasteiger partial charge in [-0.2, -0.15) is 10.5 Å². The highest BCUT2D eigenvalue weighted by molar-refractivity contribution is 5.94. The first kappa shape index (κ1) is 14.7. The molecule has 0 aromatic heterocycles. The minimum absolute atomic E-state index is 0.157. The topological polar surface area (TPSA) is 79.9 Å². The molecule has 5 nitrogen and oxygen atoms in total. The molecule has 5 heteroatoms. The average molecular weight is 256 g/mol. The van der Waals surface area contributed by atoms with Crippen molar-refractivity contribution in [2.24, 2.45) is 0 Å². The molecule has 19 heavy (non-hydrogen) atoms. The SMILES string of the molecule is CC(C(=O)Nc1cccc(C#N)c1)N(C)CCC#N. The highest BCUT2D eigenvalue weighted by Gasteiger charge is 2.17. The molecule has 1 atom stereocenters. The average Bonchev–Trinajstić information content (AvgIpc) is 2.43. The van der Waals surface area contributed by atoms with E-state index in [0.29, 0.717) is 24.2 Å². The number of nitrogens with one attached hydrogen (secondary N) is 1. The molecule has 1 unspecified atom stereocenters. The Hall–Kier alpha value is -2.37. The summed E-state index contributed by atoms with van der Waals surface area (Å²) in [5.41, 5.74) is 1.10. The van der Waals surface area contributed by atoms with Gasteiger partial charge < -0.3 is 5.32 Å². The summed E-state index contributed by atoms with van der Waals surface area (Å²) in [6.07, 6.45) is 0.387. The summed E-state index contributed by atoms with van der Waals surface area (Å²) in [7, 11) is 1.80. The second-order valence-corrected chi connectivity index (χ2v) is 4.25. The summed E-state index contributed by atoms with van der Waals surface area (Å²) < 4.78 is 0. The van der Waals surface area contributed by atoms with Gasteiger partial charge in [0.1, 0.15) is 0 Å². The minimum Gasteiger partial charge on any atom is -0.325 e. The van der Waals surface area contributed by atoms with Crippen molar-refractivity contribution in [3.05, 3.63) is 29.8 Å². The van der Waals surface area contributed by atoms with Gasteiger partial charge in [0.05, 0.1) is 23.7 Å². The summed E-state index contributed by atoms with van der Waals surface area (Å²) >= 11 is 0. The molecule has 98 valence electrons. The number of nitriles is 2. The van der Waals surface area contributed by atoms with Crippen LogP contribution < -0.4 is 5.32 Å². The Morgan fingerprint density at radius 2 is 2.21 bits per heavy atom. The molecule has 1 amide bonds. The lowest BCUT2D eigenvalue weighted by Crippen LogP contribution is -2.40. The van der Waals surface area contributed by atoms with Gasteiger partial charge in [0.2, 0.25) is 5.91 Å². The molecule has 0 heterocycles. The van der Waals surface area contributed by atoms with Crippen LogP contribution in [0.25, 0.3) is 0 Å². The number of nitrogens with zero attached hydrogens (tertiary/aromatic N) is 3. The Morgan fingerprint density at radius 3 is 2.84 bits per heavy atom. The highest BCUT2D eigenvalue weighted by Crippen LogP contribution is 2.11. The van der Waals surface area contributed by atoms with Crippen LogP contribution in [-0.2, 0) is 4.79 Å². The molecule has 1 N–H and O–H groups in total. The van der Waals surface area contributed by atoms with Gasteiger partial charge in [-0.05, 0) is 32.2 Å². The zero-order valence-corrected chi connectivity index (χ0v) is 11.1. The molecule has 0 aliphatic carbocycles. The van der Waals surface area contributed by atoms with Gasteiger partial charge in [-0.3, -0.25) is 9.69 Å². The number of anilines is 1. The summed E-state index contributed by atoms with van der Waals surface area (Å²) in [6.45, 7) is 2.32. The fraction of sp³-hybridized carbons (Fsp3) is 0.357. The molecule has 1 aromatic carbocycles. The van der Waals surface area contributed by atoms with Crippen LogP contribution in [0.4, 0.5) is 5.69 Å². The normalized spacial score (nSPS) is 11.4. The van der Waals surface area contributed by atoms with E-state index in [0.717, 1.165) is 0 Å². The summed E-state index contributed by atoms with van der Waals surface area (Å²) in [6, 6.07) is 10.5. The maximum atomic E-state index is 12.0. The van der Waals surface area contributed by atoms with Crippen molar-refractivity contribution in [3.63, 3.8) is 0 Å². The first-order valence-corrected chi connectivity index (χ1v) is 5.96. The molecular weight excluding hydrogens is 240 g/mol. The third-order valence-corrected chi connectivity index (χ3v) is 2.88. The second-order valence-electron chi connectivity index (χ2n) is 4.25. The van der Waals surface area contributed by atoms with Crippen LogP contribution in [0.2, 0.25) is 0 Å². The van der Waals surface area contributed by atoms with Crippen LogP contribution in [0, 0.1) is 22.7 Å². The van der Waals surface area contributed by atoms with E-state index in [4.69, 9.17) is 10.5 Å². The zero-order chi connectivity index (χ0) is 14.3. The van der Waals surface area contributed by atoms with E-state index in [-0.39, 0.29) is 11.9 Å². The lowest BCUT2D eigenvalue weighted by Gasteiger charge is -2.22. The summed E-state index contributed by atoms with van der Waals surface area (Å²) in [5, 5.41) is 20.1. The first-order valence-electron chi connectivity index (χ1n) is 5.96. The number of amides is 1. The van der Waals surface area contributed by atoms with Gasteiger partial charge in [-0.25, -0.2) is 0 Å². The number of rotatable bonds is 5. The molecule has 0 aliphatic rings. The molecule has 0 saturated carbocycles. The summed E-state index contributed by atoms with van der Waals surface area (Å²) in [4.78, 5) is 13.8. The Labute approximate surface area is 113 Å². The number of hydrogen-bond donors (Lipinski definition) is 1. The van der Waals surface area contributed by atoms with Gasteiger partial charge >= 0.3 is 0 Å². The van der Waals surface area contributed by atoms with Crippen LogP contribution in [-0.4, -0.2) is 30.4 Å². The van der Waals surface area contributed by atoms with E-state index < -0.39 is 0 Å². The van der Waals surface area contributed by atoms with E-state index in [1.165, 1.54) is 0 Å². The zero-order valence-electron chi connectivity index (χ0n) is 11.1.